The van der Waals surface area contributed by atoms with Crippen molar-refractivity contribution in [1.82, 2.24) is 15.1 Å². The summed E-state index contributed by atoms with van der Waals surface area (Å²) in [4.78, 5) is 18.3. The predicted octanol–water partition coefficient (Wildman–Crippen LogP) is 1.53. The second-order valence-corrected chi connectivity index (χ2v) is 6.52. The van der Waals surface area contributed by atoms with Gasteiger partial charge in [0.15, 0.2) is 0 Å². The van der Waals surface area contributed by atoms with Crippen LogP contribution in [-0.4, -0.2) is 67.3 Å². The first kappa shape index (κ1) is 14.9. The first-order valence-electron chi connectivity index (χ1n) is 7.66. The molecule has 21 heavy (non-hydrogen) atoms. The summed E-state index contributed by atoms with van der Waals surface area (Å²) >= 11 is 1.64. The molecule has 1 N–H and O–H groups in total. The smallest absolute Gasteiger partial charge is 0.255 e. The highest BCUT2D eigenvalue weighted by atomic mass is 32.2. The zero-order valence-electron chi connectivity index (χ0n) is 12.5. The number of nitrogens with one attached hydrogen (secondary N) is 1. The summed E-state index contributed by atoms with van der Waals surface area (Å²) < 4.78 is 0. The number of carbonyl (C=O) groups excluding carboxylic acids is 1. The number of amides is 1. The maximum absolute atomic E-state index is 12.7. The van der Waals surface area contributed by atoms with E-state index in [1.54, 1.807) is 11.8 Å². The third-order valence-corrected chi connectivity index (χ3v) is 5.29. The van der Waals surface area contributed by atoms with Crippen LogP contribution < -0.4 is 5.32 Å². The molecule has 2 heterocycles. The topological polar surface area (TPSA) is 35.6 Å². The molecule has 0 bridgehead atoms. The molecule has 0 spiro atoms. The highest BCUT2D eigenvalue weighted by molar-refractivity contribution is 7.98. The Labute approximate surface area is 130 Å². The van der Waals surface area contributed by atoms with E-state index in [1.165, 1.54) is 6.42 Å². The minimum Gasteiger partial charge on any atom is -0.336 e. The average molecular weight is 305 g/mol. The van der Waals surface area contributed by atoms with Gasteiger partial charge >= 0.3 is 0 Å². The van der Waals surface area contributed by atoms with Gasteiger partial charge in [0.1, 0.15) is 0 Å². The van der Waals surface area contributed by atoms with E-state index < -0.39 is 0 Å². The van der Waals surface area contributed by atoms with Crippen LogP contribution in [0.2, 0.25) is 0 Å². The van der Waals surface area contributed by atoms with Crippen molar-refractivity contribution in [2.24, 2.45) is 0 Å². The van der Waals surface area contributed by atoms with Gasteiger partial charge < -0.3 is 10.2 Å². The summed E-state index contributed by atoms with van der Waals surface area (Å²) in [7, 11) is 0. The number of nitrogens with zero attached hydrogens (tertiary/aromatic N) is 2. The first-order valence-corrected chi connectivity index (χ1v) is 8.89. The van der Waals surface area contributed by atoms with Crippen molar-refractivity contribution < 1.29 is 4.79 Å². The van der Waals surface area contributed by atoms with E-state index in [0.717, 1.165) is 49.7 Å². The van der Waals surface area contributed by atoms with Gasteiger partial charge in [-0.15, -0.1) is 11.8 Å². The van der Waals surface area contributed by atoms with E-state index in [9.17, 15) is 4.79 Å². The normalized spacial score (nSPS) is 23.5. The molecule has 114 valence electrons. The number of hydrogen-bond donors (Lipinski definition) is 1. The molecule has 2 fully saturated rings. The SMILES string of the molecule is CSc1ccccc1C(=O)N1CCN(C2CCNC2)CC1. The lowest BCUT2D eigenvalue weighted by atomic mass is 10.1. The van der Waals surface area contributed by atoms with Gasteiger partial charge in [0.25, 0.3) is 5.91 Å². The Bertz CT molecular complexity index is 494. The largest absolute Gasteiger partial charge is 0.336 e. The molecule has 1 atom stereocenters. The van der Waals surface area contributed by atoms with Crippen LogP contribution in [0.3, 0.4) is 0 Å². The van der Waals surface area contributed by atoms with E-state index in [1.807, 2.05) is 35.4 Å². The molecule has 0 aliphatic carbocycles. The van der Waals surface area contributed by atoms with E-state index >= 15 is 0 Å². The van der Waals surface area contributed by atoms with Gasteiger partial charge in [-0.25, -0.2) is 0 Å². The van der Waals surface area contributed by atoms with E-state index in [4.69, 9.17) is 0 Å². The first-order chi connectivity index (χ1) is 10.3. The molecule has 0 aromatic heterocycles. The number of rotatable bonds is 3. The summed E-state index contributed by atoms with van der Waals surface area (Å²) in [6.45, 7) is 5.92. The van der Waals surface area contributed by atoms with E-state index in [2.05, 4.69) is 10.2 Å². The van der Waals surface area contributed by atoms with Crippen molar-refractivity contribution in [3.63, 3.8) is 0 Å². The fourth-order valence-electron chi connectivity index (χ4n) is 3.23. The molecule has 2 aliphatic rings. The molecule has 2 aliphatic heterocycles. The van der Waals surface area contributed by atoms with Gasteiger partial charge in [0, 0.05) is 43.7 Å². The van der Waals surface area contributed by atoms with Crippen LogP contribution in [0.1, 0.15) is 16.8 Å². The van der Waals surface area contributed by atoms with Crippen molar-refractivity contribution >= 4 is 17.7 Å². The summed E-state index contributed by atoms with van der Waals surface area (Å²) in [5, 5.41) is 3.42. The molecule has 0 radical (unpaired) electrons. The monoisotopic (exact) mass is 305 g/mol. The number of piperazine rings is 1. The third kappa shape index (κ3) is 3.25. The molecule has 4 nitrogen and oxygen atoms in total. The van der Waals surface area contributed by atoms with Gasteiger partial charge in [-0.05, 0) is 31.4 Å². The van der Waals surface area contributed by atoms with Gasteiger partial charge in [-0.2, -0.15) is 0 Å². The summed E-state index contributed by atoms with van der Waals surface area (Å²) in [5.74, 6) is 0.184. The standard InChI is InChI=1S/C16H23N3OS/c1-21-15-5-3-2-4-14(15)16(20)19-10-8-18(9-11-19)13-6-7-17-12-13/h2-5,13,17H,6-12H2,1H3. The summed E-state index contributed by atoms with van der Waals surface area (Å²) in [6, 6.07) is 8.58. The zero-order valence-corrected chi connectivity index (χ0v) is 13.4. The van der Waals surface area contributed by atoms with Gasteiger partial charge in [0.2, 0.25) is 0 Å². The van der Waals surface area contributed by atoms with Crippen molar-refractivity contribution in [1.29, 1.82) is 0 Å². The molecule has 0 saturated carbocycles. The second kappa shape index (κ2) is 6.81. The van der Waals surface area contributed by atoms with Crippen molar-refractivity contribution in [3.05, 3.63) is 29.8 Å². The van der Waals surface area contributed by atoms with Crippen LogP contribution in [0.5, 0.6) is 0 Å². The Hall–Kier alpha value is -1.04. The van der Waals surface area contributed by atoms with E-state index in [0.29, 0.717) is 6.04 Å². The maximum atomic E-state index is 12.7. The second-order valence-electron chi connectivity index (χ2n) is 5.68. The van der Waals surface area contributed by atoms with Gasteiger partial charge in [-0.3, -0.25) is 9.69 Å². The third-order valence-electron chi connectivity index (χ3n) is 4.49. The Morgan fingerprint density at radius 3 is 2.67 bits per heavy atom. The highest BCUT2D eigenvalue weighted by Gasteiger charge is 2.28. The van der Waals surface area contributed by atoms with Crippen LogP contribution in [0.15, 0.2) is 29.2 Å². The lowest BCUT2D eigenvalue weighted by Crippen LogP contribution is -2.52. The molecule has 3 rings (SSSR count). The van der Waals surface area contributed by atoms with Crippen LogP contribution in [0.25, 0.3) is 0 Å². The fraction of sp³-hybridized carbons (Fsp3) is 0.562. The minimum absolute atomic E-state index is 0.184. The van der Waals surface area contributed by atoms with Gasteiger partial charge in [-0.1, -0.05) is 12.1 Å². The molecule has 5 heteroatoms. The van der Waals surface area contributed by atoms with Crippen molar-refractivity contribution in [3.8, 4) is 0 Å². The van der Waals surface area contributed by atoms with Crippen LogP contribution in [0, 0.1) is 0 Å². The minimum atomic E-state index is 0.184. The lowest BCUT2D eigenvalue weighted by Gasteiger charge is -2.38. The average Bonchev–Trinajstić information content (AvgIpc) is 3.09. The Balaban J connectivity index is 1.62. The molecular weight excluding hydrogens is 282 g/mol. The quantitative estimate of drug-likeness (QED) is 0.859. The fourth-order valence-corrected chi connectivity index (χ4v) is 3.82. The highest BCUT2D eigenvalue weighted by Crippen LogP contribution is 2.22. The number of thioether (sulfide) groups is 1. The lowest BCUT2D eigenvalue weighted by molar-refractivity contribution is 0.0580. The molecule has 1 aromatic carbocycles. The van der Waals surface area contributed by atoms with Crippen LogP contribution in [-0.2, 0) is 0 Å². The van der Waals surface area contributed by atoms with Crippen molar-refractivity contribution in [2.75, 3.05) is 45.5 Å². The summed E-state index contributed by atoms with van der Waals surface area (Å²) in [6.07, 6.45) is 3.26. The van der Waals surface area contributed by atoms with Crippen molar-refractivity contribution in [2.45, 2.75) is 17.4 Å². The Morgan fingerprint density at radius 1 is 1.24 bits per heavy atom. The predicted molar refractivity (Wildman–Crippen MR) is 87.0 cm³/mol. The van der Waals surface area contributed by atoms with Gasteiger partial charge in [0.05, 0.1) is 5.56 Å². The number of carbonyl (C=O) groups is 1. The molecule has 1 unspecified atom stereocenters. The molecular formula is C16H23N3OS. The summed E-state index contributed by atoms with van der Waals surface area (Å²) in [5.41, 5.74) is 0.848. The number of benzene rings is 1. The van der Waals surface area contributed by atoms with Crippen LogP contribution >= 0.6 is 11.8 Å². The Kier molecular flexibility index (Phi) is 4.83. The number of hydrogen-bond acceptors (Lipinski definition) is 4. The molecule has 1 amide bonds. The molecule has 1 aromatic rings. The van der Waals surface area contributed by atoms with E-state index in [-0.39, 0.29) is 5.91 Å². The Morgan fingerprint density at radius 2 is 2.00 bits per heavy atom. The zero-order chi connectivity index (χ0) is 14.7. The molecule has 2 saturated heterocycles. The van der Waals surface area contributed by atoms with Crippen LogP contribution in [0.4, 0.5) is 0 Å². The maximum Gasteiger partial charge on any atom is 0.255 e.